The number of H-pyrrole nitrogens is 4. The average Bonchev–Trinajstić information content (AvgIpc) is 1.68. The highest BCUT2D eigenvalue weighted by atomic mass is 16.5. The molecule has 6 fully saturated rings. The summed E-state index contributed by atoms with van der Waals surface area (Å²) >= 11 is 0. The number of benzene rings is 4. The zero-order valence-corrected chi connectivity index (χ0v) is 62.5. The predicted molar refractivity (Wildman–Crippen MR) is 401 cm³/mol. The monoisotopic (exact) mass is 1470 g/mol. The average molecular weight is 1470 g/mol. The minimum Gasteiger partial charge on any atom is -0.453 e. The lowest BCUT2D eigenvalue weighted by molar-refractivity contribution is -0.140. The maximum atomic E-state index is 13.7. The number of aromatic nitrogens is 8. The van der Waals surface area contributed by atoms with Crippen LogP contribution in [0.3, 0.4) is 0 Å². The van der Waals surface area contributed by atoms with Gasteiger partial charge in [0.25, 0.3) is 0 Å². The number of ether oxygens (including phenoxy) is 4. The van der Waals surface area contributed by atoms with Crippen LogP contribution in [0.4, 0.5) is 19.2 Å². The Hall–Kier alpha value is -11.3. The number of hydrogen-bond acceptors (Lipinski definition) is 16. The van der Waals surface area contributed by atoms with Crippen LogP contribution < -0.4 is 21.3 Å². The first-order valence-corrected chi connectivity index (χ1v) is 37.4. The quantitative estimate of drug-likeness (QED) is 0.0370. The first-order valence-electron chi connectivity index (χ1n) is 37.4. The molecule has 8 amide bonds. The van der Waals surface area contributed by atoms with E-state index in [0.717, 1.165) is 155 Å². The number of aromatic amines is 4. The summed E-state index contributed by atoms with van der Waals surface area (Å²) in [6.07, 6.45) is 15.2. The Morgan fingerprint density at radius 2 is 0.806 bits per heavy atom. The number of amides is 8. The Bertz CT molecular complexity index is 4550. The Morgan fingerprint density at radius 1 is 0.426 bits per heavy atom. The molecule has 6 aliphatic heterocycles. The molecule has 0 aliphatic carbocycles. The van der Waals surface area contributed by atoms with Gasteiger partial charge < -0.3 is 79.8 Å². The molecule has 4 aromatic carbocycles. The highest BCUT2D eigenvalue weighted by molar-refractivity contribution is 5.90. The molecule has 6 saturated heterocycles. The maximum Gasteiger partial charge on any atom is 0.407 e. The van der Waals surface area contributed by atoms with Gasteiger partial charge >= 0.3 is 24.4 Å². The van der Waals surface area contributed by atoms with Crippen molar-refractivity contribution in [2.24, 2.45) is 11.8 Å². The lowest BCUT2D eigenvalue weighted by atomic mass is 9.95. The summed E-state index contributed by atoms with van der Waals surface area (Å²) in [6.45, 7) is 10.8. The number of rotatable bonds is 18. The second kappa shape index (κ2) is 32.4. The van der Waals surface area contributed by atoms with Crippen molar-refractivity contribution in [2.45, 2.75) is 178 Å². The number of nitrogens with zero attached hydrogens (tertiary/aromatic N) is 8. The number of hydrogen-bond donors (Lipinski definition) is 8. The maximum absolute atomic E-state index is 13.7. The third-order valence-corrected chi connectivity index (χ3v) is 22.4. The molecule has 2 unspecified atom stereocenters. The van der Waals surface area contributed by atoms with E-state index >= 15 is 0 Å². The highest BCUT2D eigenvalue weighted by Gasteiger charge is 2.49. The second-order valence-corrected chi connectivity index (χ2v) is 29.6. The fourth-order valence-corrected chi connectivity index (χ4v) is 16.4. The molecule has 0 saturated carbocycles. The first-order chi connectivity index (χ1) is 52.1. The molecule has 6 aliphatic rings. The van der Waals surface area contributed by atoms with Crippen LogP contribution in [0.2, 0.25) is 0 Å². The van der Waals surface area contributed by atoms with E-state index in [4.69, 9.17) is 28.9 Å². The molecule has 108 heavy (non-hydrogen) atoms. The number of nitrogens with one attached hydrogen (secondary N) is 8. The number of imidazole rings is 4. The van der Waals surface area contributed by atoms with E-state index < -0.39 is 54.1 Å². The molecule has 0 bridgehead atoms. The van der Waals surface area contributed by atoms with Crippen molar-refractivity contribution in [3.63, 3.8) is 0 Å². The molecular weight excluding hydrogens is 1380 g/mol. The number of alkyl carbamates (subject to hydrolysis) is 4. The van der Waals surface area contributed by atoms with E-state index in [0.29, 0.717) is 31.8 Å². The van der Waals surface area contributed by atoms with Gasteiger partial charge in [0.1, 0.15) is 47.5 Å². The van der Waals surface area contributed by atoms with Crippen LogP contribution in [0, 0.1) is 11.8 Å². The fourth-order valence-electron chi connectivity index (χ4n) is 16.4. The number of likely N-dealkylation sites (tertiary alicyclic amines) is 2. The molecule has 4 aromatic heterocycles. The Morgan fingerprint density at radius 3 is 1.24 bits per heavy atom. The van der Waals surface area contributed by atoms with Crippen LogP contribution in [0.1, 0.15) is 160 Å². The topological polar surface area (TPSA) is 349 Å². The number of carbonyl (C=O) groups is 8. The Balaban J connectivity index is 0.000000190. The van der Waals surface area contributed by atoms with Gasteiger partial charge in [0.05, 0.1) is 99.7 Å². The standard InChI is InChI=1S/2C40H48N8O6/c1-23(2)33(46-39(52)54-5)36(50)47-20-6-19-40(47,3)37-42-22-31(44-37)27-13-9-25(10-14-27)24-7-11-26(12-8-24)30-21-41-34(43-30)32-18-16-28-15-17-29(35(49)48(28)32)45-38(51)53-4;1-23(2)34(46-40(52)54-4)38(50)47-20-6-9-32(47)35-41-21-30(43-35)26-14-10-24(11-15-26)25-12-16-27(17-13-25)31-22-42-36(44-31)33-19-18-28-7-5-8-29(37(49)48(28)33)45-39(51)53-3/h7-14,21-23,28-29,32-33H,6,15-20H2,1-5H3,(H,41,43)(H,42,44)(H,45,51)(H,46,52);10-17,21-23,28-29,32-34H,5-9,18-20H2,1-4H3,(H,41,43)(H,42,44)(H,45,51)(H,46,52)/t28-,29-,32?,33-,40-;28-,29?,32-,33-,34-/m00/s1. The van der Waals surface area contributed by atoms with Crippen molar-refractivity contribution in [1.29, 1.82) is 0 Å². The summed E-state index contributed by atoms with van der Waals surface area (Å²) in [6, 6.07) is 30.2. The van der Waals surface area contributed by atoms with Gasteiger partial charge in [-0.15, -0.1) is 0 Å². The van der Waals surface area contributed by atoms with Gasteiger partial charge in [-0.25, -0.2) is 39.1 Å². The fraction of sp³-hybridized carbons (Fsp3) is 0.450. The molecule has 0 spiro atoms. The summed E-state index contributed by atoms with van der Waals surface area (Å²) in [5, 5.41) is 10.8. The van der Waals surface area contributed by atoms with Crippen molar-refractivity contribution in [3.8, 4) is 67.3 Å². The van der Waals surface area contributed by atoms with Crippen molar-refractivity contribution in [2.75, 3.05) is 41.5 Å². The summed E-state index contributed by atoms with van der Waals surface area (Å²) in [7, 11) is 5.18. The number of fused-ring (bicyclic) bond motifs is 2. The molecular formula is C80H96N16O12. The minimum atomic E-state index is -0.706. The number of methoxy groups -OCH3 is 4. The summed E-state index contributed by atoms with van der Waals surface area (Å²) in [5.41, 5.74) is 11.0. The van der Waals surface area contributed by atoms with E-state index in [-0.39, 0.29) is 65.7 Å². The Kier molecular flexibility index (Phi) is 22.5. The van der Waals surface area contributed by atoms with Gasteiger partial charge in [-0.3, -0.25) is 19.2 Å². The largest absolute Gasteiger partial charge is 0.453 e. The van der Waals surface area contributed by atoms with E-state index in [1.54, 1.807) is 12.4 Å². The lowest BCUT2D eigenvalue weighted by Crippen LogP contribution is -2.55. The van der Waals surface area contributed by atoms with E-state index in [1.807, 2.05) is 66.6 Å². The third kappa shape index (κ3) is 15.6. The van der Waals surface area contributed by atoms with Crippen molar-refractivity contribution >= 4 is 48.0 Å². The summed E-state index contributed by atoms with van der Waals surface area (Å²) in [4.78, 5) is 142. The molecule has 0 radical (unpaired) electrons. The number of carbonyl (C=O) groups excluding carboxylic acids is 8. The lowest BCUT2D eigenvalue weighted by Gasteiger charge is -2.37. The molecule has 10 atom stereocenters. The van der Waals surface area contributed by atoms with Crippen LogP contribution in [-0.4, -0.2) is 185 Å². The number of piperidine rings is 1. The van der Waals surface area contributed by atoms with Gasteiger partial charge in [0.15, 0.2) is 0 Å². The SMILES string of the molecule is COC(=O)NC1CCC[C@H]2CC[C@@H](c3ncc(-c4ccc(-c5ccc(-c6cnc([C@@H]7CCCN7C(=O)[C@@H](NC(=O)OC)C(C)C)[nH]6)cc5)cc4)[nH]3)N2C1=O.COC(=O)N[C@H]1CC[C@H]2CCC(c3ncc(-c4ccc(-c5ccc(-c6cnc([C@]7(C)CCCN7C(=O)[C@@H](NC(=O)OC)C(C)C)[nH]6)cc5)cc4)[nH]3)N2C1=O. The van der Waals surface area contributed by atoms with E-state index in [2.05, 4.69) is 148 Å². The van der Waals surface area contributed by atoms with Gasteiger partial charge in [0.2, 0.25) is 23.6 Å². The van der Waals surface area contributed by atoms with Gasteiger partial charge in [-0.1, -0.05) is 125 Å². The minimum absolute atomic E-state index is 0.0785. The molecule has 28 heteroatoms. The molecule has 568 valence electrons. The van der Waals surface area contributed by atoms with Gasteiger partial charge in [-0.05, 0) is 147 Å². The van der Waals surface area contributed by atoms with Crippen molar-refractivity contribution < 1.29 is 57.3 Å². The molecule has 8 aromatic rings. The highest BCUT2D eigenvalue weighted by Crippen LogP contribution is 2.44. The van der Waals surface area contributed by atoms with E-state index in [1.165, 1.54) is 28.4 Å². The van der Waals surface area contributed by atoms with Crippen molar-refractivity contribution in [3.05, 3.63) is 145 Å². The van der Waals surface area contributed by atoms with Gasteiger partial charge in [0, 0.05) is 25.2 Å². The van der Waals surface area contributed by atoms with Crippen LogP contribution in [-0.2, 0) is 43.7 Å². The zero-order chi connectivity index (χ0) is 76.1. The third-order valence-electron chi connectivity index (χ3n) is 22.4. The van der Waals surface area contributed by atoms with Gasteiger partial charge in [-0.2, -0.15) is 0 Å². The Labute approximate surface area is 627 Å². The van der Waals surface area contributed by atoms with Crippen molar-refractivity contribution in [1.82, 2.24) is 80.7 Å². The van der Waals surface area contributed by atoms with E-state index in [9.17, 15) is 38.4 Å². The summed E-state index contributed by atoms with van der Waals surface area (Å²) in [5.74, 6) is 2.26. The van der Waals surface area contributed by atoms with Crippen LogP contribution in [0.25, 0.3) is 67.3 Å². The van der Waals surface area contributed by atoms with Crippen LogP contribution in [0.5, 0.6) is 0 Å². The molecule has 14 rings (SSSR count). The van der Waals surface area contributed by atoms with Crippen LogP contribution in [0.15, 0.2) is 122 Å². The predicted octanol–water partition coefficient (Wildman–Crippen LogP) is 12.0. The van der Waals surface area contributed by atoms with Crippen LogP contribution >= 0.6 is 0 Å². The zero-order valence-electron chi connectivity index (χ0n) is 62.5. The smallest absolute Gasteiger partial charge is 0.407 e. The molecule has 28 nitrogen and oxygen atoms in total. The second-order valence-electron chi connectivity index (χ2n) is 29.6. The molecule has 10 heterocycles. The summed E-state index contributed by atoms with van der Waals surface area (Å²) < 4.78 is 19.0. The first kappa shape index (κ1) is 74.9. The normalized spacial score (nSPS) is 22.3. The molecule has 8 N–H and O–H groups in total.